The molecule has 1 fully saturated rings. The van der Waals surface area contributed by atoms with E-state index in [9.17, 15) is 5.11 Å². The Bertz CT molecular complexity index is 310. The zero-order valence-electron chi connectivity index (χ0n) is 8.68. The Morgan fingerprint density at radius 2 is 2.47 bits per heavy atom. The first-order valence-electron chi connectivity index (χ1n) is 4.97. The smallest absolute Gasteiger partial charge is 0.115 e. The molecule has 0 bridgehead atoms. The third-order valence-electron chi connectivity index (χ3n) is 3.07. The highest BCUT2D eigenvalue weighted by Crippen LogP contribution is 2.32. The van der Waals surface area contributed by atoms with Crippen LogP contribution in [0.5, 0.6) is 0 Å². The zero-order valence-corrected chi connectivity index (χ0v) is 8.68. The average molecular weight is 209 g/mol. The molecule has 1 aliphatic heterocycles. The van der Waals surface area contributed by atoms with Crippen LogP contribution in [-0.2, 0) is 10.3 Å². The summed E-state index contributed by atoms with van der Waals surface area (Å²) in [6, 6.07) is 1.82. The maximum atomic E-state index is 9.59. The molecule has 0 aliphatic carbocycles. The van der Waals surface area contributed by atoms with E-state index in [0.717, 1.165) is 5.69 Å². The van der Waals surface area contributed by atoms with Crippen molar-refractivity contribution in [2.24, 2.45) is 5.92 Å². The molecule has 82 valence electrons. The van der Waals surface area contributed by atoms with Crippen LogP contribution in [0.15, 0.2) is 18.6 Å². The van der Waals surface area contributed by atoms with E-state index in [1.54, 1.807) is 6.20 Å². The van der Waals surface area contributed by atoms with E-state index in [4.69, 9.17) is 4.74 Å². The second-order valence-electron chi connectivity index (χ2n) is 3.71. The molecule has 0 aromatic carbocycles. The molecule has 0 spiro atoms. The van der Waals surface area contributed by atoms with Crippen molar-refractivity contribution in [2.45, 2.75) is 5.54 Å². The minimum Gasteiger partial charge on any atom is -0.394 e. The van der Waals surface area contributed by atoms with Gasteiger partial charge in [0.25, 0.3) is 0 Å². The number of likely N-dealkylation sites (N-methyl/N-ethyl adjacent to an activating group) is 1. The normalized spacial score (nSPS) is 20.7. The summed E-state index contributed by atoms with van der Waals surface area (Å²) in [6.07, 6.45) is 3.18. The van der Waals surface area contributed by atoms with Crippen molar-refractivity contribution in [1.82, 2.24) is 15.3 Å². The van der Waals surface area contributed by atoms with Gasteiger partial charge < -0.3 is 15.2 Å². The minimum absolute atomic E-state index is 0.00847. The summed E-state index contributed by atoms with van der Waals surface area (Å²) in [5, 5.41) is 12.8. The van der Waals surface area contributed by atoms with Gasteiger partial charge in [0.1, 0.15) is 6.33 Å². The molecule has 1 saturated heterocycles. The van der Waals surface area contributed by atoms with Crippen molar-refractivity contribution in [3.63, 3.8) is 0 Å². The van der Waals surface area contributed by atoms with Crippen LogP contribution in [0.4, 0.5) is 0 Å². The molecule has 1 aliphatic rings. The predicted octanol–water partition coefficient (Wildman–Crippen LogP) is -0.470. The molecule has 15 heavy (non-hydrogen) atoms. The quantitative estimate of drug-likeness (QED) is 0.701. The fraction of sp³-hybridized carbons (Fsp3) is 0.600. The molecule has 0 amide bonds. The van der Waals surface area contributed by atoms with Gasteiger partial charge in [-0.2, -0.15) is 0 Å². The van der Waals surface area contributed by atoms with E-state index in [1.165, 1.54) is 6.33 Å². The predicted molar refractivity (Wildman–Crippen MR) is 54.2 cm³/mol. The van der Waals surface area contributed by atoms with Crippen molar-refractivity contribution in [2.75, 3.05) is 26.9 Å². The molecule has 2 N–H and O–H groups in total. The van der Waals surface area contributed by atoms with Crippen LogP contribution >= 0.6 is 0 Å². The first-order valence-corrected chi connectivity index (χ1v) is 4.97. The molecule has 1 aromatic rings. The van der Waals surface area contributed by atoms with E-state index in [-0.39, 0.29) is 12.5 Å². The maximum absolute atomic E-state index is 9.59. The van der Waals surface area contributed by atoms with E-state index < -0.39 is 5.54 Å². The molecule has 1 unspecified atom stereocenters. The number of aromatic nitrogens is 2. The van der Waals surface area contributed by atoms with Crippen LogP contribution in [0.3, 0.4) is 0 Å². The SMILES string of the molecule is CNC(CO)(c1ccncn1)C1COC1. The highest BCUT2D eigenvalue weighted by molar-refractivity contribution is 5.17. The maximum Gasteiger partial charge on any atom is 0.115 e. The van der Waals surface area contributed by atoms with Gasteiger partial charge in [0, 0.05) is 12.1 Å². The second kappa shape index (κ2) is 4.22. The number of ether oxygens (including phenoxy) is 1. The summed E-state index contributed by atoms with van der Waals surface area (Å²) in [7, 11) is 1.83. The van der Waals surface area contributed by atoms with Gasteiger partial charge in [0.05, 0.1) is 31.1 Å². The first-order chi connectivity index (χ1) is 7.33. The van der Waals surface area contributed by atoms with Gasteiger partial charge in [-0.05, 0) is 13.1 Å². The zero-order chi connectivity index (χ0) is 10.7. The highest BCUT2D eigenvalue weighted by atomic mass is 16.5. The largest absolute Gasteiger partial charge is 0.394 e. The standard InChI is InChI=1S/C10H15N3O2/c1-11-10(6-14,8-4-15-5-8)9-2-3-12-7-13-9/h2-3,7-8,11,14H,4-6H2,1H3. The minimum atomic E-state index is -0.499. The van der Waals surface area contributed by atoms with E-state index in [1.807, 2.05) is 13.1 Å². The first kappa shape index (κ1) is 10.5. The lowest BCUT2D eigenvalue weighted by molar-refractivity contribution is -0.0944. The Morgan fingerprint density at radius 1 is 1.67 bits per heavy atom. The molecule has 1 aromatic heterocycles. The monoisotopic (exact) mass is 209 g/mol. The Hall–Kier alpha value is -1.04. The van der Waals surface area contributed by atoms with Gasteiger partial charge in [0.2, 0.25) is 0 Å². The van der Waals surface area contributed by atoms with Crippen molar-refractivity contribution in [3.8, 4) is 0 Å². The van der Waals surface area contributed by atoms with E-state index in [0.29, 0.717) is 13.2 Å². The number of rotatable bonds is 4. The Kier molecular flexibility index (Phi) is 2.95. The lowest BCUT2D eigenvalue weighted by Gasteiger charge is -2.43. The second-order valence-corrected chi connectivity index (χ2v) is 3.71. The fourth-order valence-electron chi connectivity index (χ4n) is 1.91. The summed E-state index contributed by atoms with van der Waals surface area (Å²) in [6.45, 7) is 1.32. The van der Waals surface area contributed by atoms with Gasteiger partial charge in [-0.1, -0.05) is 0 Å². The molecule has 0 saturated carbocycles. The van der Waals surface area contributed by atoms with Crippen molar-refractivity contribution < 1.29 is 9.84 Å². The van der Waals surface area contributed by atoms with Gasteiger partial charge in [-0.3, -0.25) is 0 Å². The van der Waals surface area contributed by atoms with E-state index >= 15 is 0 Å². The molecular weight excluding hydrogens is 194 g/mol. The highest BCUT2D eigenvalue weighted by Gasteiger charge is 2.43. The number of aliphatic hydroxyl groups is 1. The van der Waals surface area contributed by atoms with Crippen LogP contribution in [0.2, 0.25) is 0 Å². The number of hydrogen-bond acceptors (Lipinski definition) is 5. The lowest BCUT2D eigenvalue weighted by Crippen LogP contribution is -2.57. The molecule has 2 rings (SSSR count). The summed E-state index contributed by atoms with van der Waals surface area (Å²) in [5.41, 5.74) is 0.317. The Labute approximate surface area is 88.5 Å². The van der Waals surface area contributed by atoms with Gasteiger partial charge >= 0.3 is 0 Å². The van der Waals surface area contributed by atoms with Crippen molar-refractivity contribution in [1.29, 1.82) is 0 Å². The topological polar surface area (TPSA) is 67.3 Å². The summed E-state index contributed by atoms with van der Waals surface area (Å²) in [4.78, 5) is 8.09. The number of nitrogens with zero attached hydrogens (tertiary/aromatic N) is 2. The summed E-state index contributed by atoms with van der Waals surface area (Å²) in [5.74, 6) is 0.266. The lowest BCUT2D eigenvalue weighted by atomic mass is 9.80. The fourth-order valence-corrected chi connectivity index (χ4v) is 1.91. The average Bonchev–Trinajstić information content (AvgIpc) is 2.24. The van der Waals surface area contributed by atoms with Gasteiger partial charge in [-0.15, -0.1) is 0 Å². The van der Waals surface area contributed by atoms with Crippen LogP contribution < -0.4 is 5.32 Å². The van der Waals surface area contributed by atoms with Crippen LogP contribution in [-0.4, -0.2) is 41.9 Å². The van der Waals surface area contributed by atoms with E-state index in [2.05, 4.69) is 15.3 Å². The molecule has 1 atom stereocenters. The molecule has 2 heterocycles. The van der Waals surface area contributed by atoms with Crippen LogP contribution in [0, 0.1) is 5.92 Å². The van der Waals surface area contributed by atoms with Crippen molar-refractivity contribution in [3.05, 3.63) is 24.3 Å². The van der Waals surface area contributed by atoms with Gasteiger partial charge in [0.15, 0.2) is 0 Å². The number of nitrogens with one attached hydrogen (secondary N) is 1. The third kappa shape index (κ3) is 1.62. The van der Waals surface area contributed by atoms with Crippen LogP contribution in [0.25, 0.3) is 0 Å². The molecule has 5 nitrogen and oxygen atoms in total. The summed E-state index contributed by atoms with van der Waals surface area (Å²) >= 11 is 0. The molecule has 5 heteroatoms. The number of aliphatic hydroxyl groups excluding tert-OH is 1. The van der Waals surface area contributed by atoms with Gasteiger partial charge in [-0.25, -0.2) is 9.97 Å². The van der Waals surface area contributed by atoms with Crippen molar-refractivity contribution >= 4 is 0 Å². The molecule has 0 radical (unpaired) electrons. The molecular formula is C10H15N3O2. The third-order valence-corrected chi connectivity index (χ3v) is 3.07. The summed E-state index contributed by atoms with van der Waals surface area (Å²) < 4.78 is 5.17. The van der Waals surface area contributed by atoms with Crippen LogP contribution in [0.1, 0.15) is 5.69 Å². The Balaban J connectivity index is 2.32. The Morgan fingerprint density at radius 3 is 2.87 bits per heavy atom. The number of hydrogen-bond donors (Lipinski definition) is 2.